The van der Waals surface area contributed by atoms with Crippen molar-refractivity contribution in [3.8, 4) is 5.75 Å². The molecule has 2 aromatic heterocycles. The Morgan fingerprint density at radius 3 is 2.82 bits per heavy atom. The van der Waals surface area contributed by atoms with Crippen molar-refractivity contribution in [3.05, 3.63) is 46.4 Å². The maximum Gasteiger partial charge on any atom is 0.346 e. The Kier molecular flexibility index (Phi) is 3.72. The van der Waals surface area contributed by atoms with Crippen molar-refractivity contribution >= 4 is 17.3 Å². The predicted octanol–water partition coefficient (Wildman–Crippen LogP) is 2.46. The number of pyridine rings is 1. The van der Waals surface area contributed by atoms with E-state index < -0.39 is 5.97 Å². The van der Waals surface area contributed by atoms with Gasteiger partial charge in [-0.25, -0.2) is 4.79 Å². The molecular formula is C12H11NO3S. The number of carboxylic acid groups (broad SMARTS) is 1. The van der Waals surface area contributed by atoms with Gasteiger partial charge in [0, 0.05) is 30.3 Å². The van der Waals surface area contributed by atoms with Crippen LogP contribution >= 0.6 is 11.3 Å². The molecule has 0 saturated heterocycles. The molecule has 2 aromatic rings. The lowest BCUT2D eigenvalue weighted by molar-refractivity contribution is 0.0702. The third-order valence-electron chi connectivity index (χ3n) is 2.20. The molecule has 0 amide bonds. The van der Waals surface area contributed by atoms with E-state index in [0.29, 0.717) is 17.2 Å². The highest BCUT2D eigenvalue weighted by Crippen LogP contribution is 2.21. The fourth-order valence-corrected chi connectivity index (χ4v) is 2.01. The van der Waals surface area contributed by atoms with Gasteiger partial charge in [0.2, 0.25) is 0 Å². The zero-order valence-electron chi connectivity index (χ0n) is 9.00. The summed E-state index contributed by atoms with van der Waals surface area (Å²) in [5, 5.41) is 10.5. The van der Waals surface area contributed by atoms with Crippen molar-refractivity contribution < 1.29 is 14.6 Å². The normalized spacial score (nSPS) is 10.1. The Morgan fingerprint density at radius 1 is 1.41 bits per heavy atom. The van der Waals surface area contributed by atoms with Crippen LogP contribution in [-0.2, 0) is 6.42 Å². The second kappa shape index (κ2) is 5.45. The average molecular weight is 249 g/mol. The quantitative estimate of drug-likeness (QED) is 0.884. The van der Waals surface area contributed by atoms with Crippen LogP contribution in [-0.4, -0.2) is 22.7 Å². The number of aromatic carboxylic acids is 1. The topological polar surface area (TPSA) is 59.4 Å². The third kappa shape index (κ3) is 3.29. The van der Waals surface area contributed by atoms with Gasteiger partial charge < -0.3 is 9.84 Å². The van der Waals surface area contributed by atoms with E-state index in [0.717, 1.165) is 12.0 Å². The van der Waals surface area contributed by atoms with Gasteiger partial charge in [0.1, 0.15) is 10.6 Å². The van der Waals surface area contributed by atoms with E-state index in [1.54, 1.807) is 23.8 Å². The SMILES string of the molecule is O=C(O)c1cc(OCCc2ccncc2)cs1. The molecule has 0 bridgehead atoms. The van der Waals surface area contributed by atoms with Crippen molar-refractivity contribution in [2.24, 2.45) is 0 Å². The van der Waals surface area contributed by atoms with Crippen LogP contribution in [0, 0.1) is 0 Å². The van der Waals surface area contributed by atoms with Crippen molar-refractivity contribution in [2.75, 3.05) is 6.61 Å². The molecule has 0 fully saturated rings. The summed E-state index contributed by atoms with van der Waals surface area (Å²) in [6, 6.07) is 5.40. The first-order valence-corrected chi connectivity index (χ1v) is 5.97. The number of hydrogen-bond donors (Lipinski definition) is 1. The van der Waals surface area contributed by atoms with Crippen LogP contribution in [0.25, 0.3) is 0 Å². The summed E-state index contributed by atoms with van der Waals surface area (Å²) in [6.07, 6.45) is 4.26. The summed E-state index contributed by atoms with van der Waals surface area (Å²) < 4.78 is 5.47. The van der Waals surface area contributed by atoms with Crippen molar-refractivity contribution in [2.45, 2.75) is 6.42 Å². The number of rotatable bonds is 5. The van der Waals surface area contributed by atoms with Crippen LogP contribution in [0.2, 0.25) is 0 Å². The number of nitrogens with zero attached hydrogens (tertiary/aromatic N) is 1. The number of carboxylic acids is 1. The highest BCUT2D eigenvalue weighted by Gasteiger charge is 2.07. The van der Waals surface area contributed by atoms with E-state index in [4.69, 9.17) is 9.84 Å². The largest absolute Gasteiger partial charge is 0.492 e. The first-order valence-electron chi connectivity index (χ1n) is 5.09. The highest BCUT2D eigenvalue weighted by molar-refractivity contribution is 7.12. The van der Waals surface area contributed by atoms with E-state index in [1.807, 2.05) is 12.1 Å². The molecule has 0 aliphatic heterocycles. The maximum absolute atomic E-state index is 10.7. The van der Waals surface area contributed by atoms with Crippen molar-refractivity contribution in [3.63, 3.8) is 0 Å². The molecule has 2 rings (SSSR count). The maximum atomic E-state index is 10.7. The minimum absolute atomic E-state index is 0.295. The molecule has 0 saturated carbocycles. The Bertz CT molecular complexity index is 495. The van der Waals surface area contributed by atoms with Gasteiger partial charge in [-0.05, 0) is 17.7 Å². The van der Waals surface area contributed by atoms with Gasteiger partial charge in [0.15, 0.2) is 0 Å². The summed E-state index contributed by atoms with van der Waals surface area (Å²) in [5.41, 5.74) is 1.15. The fourth-order valence-electron chi connectivity index (χ4n) is 1.34. The van der Waals surface area contributed by atoms with Crippen LogP contribution in [0.3, 0.4) is 0 Å². The molecule has 5 heteroatoms. The molecule has 0 spiro atoms. The van der Waals surface area contributed by atoms with Gasteiger partial charge in [-0.15, -0.1) is 11.3 Å². The van der Waals surface area contributed by atoms with Crippen LogP contribution in [0.4, 0.5) is 0 Å². The lowest BCUT2D eigenvalue weighted by Crippen LogP contribution is -2.00. The summed E-state index contributed by atoms with van der Waals surface area (Å²) in [4.78, 5) is 14.9. The zero-order valence-corrected chi connectivity index (χ0v) is 9.81. The molecule has 0 aliphatic rings. The minimum Gasteiger partial charge on any atom is -0.492 e. The van der Waals surface area contributed by atoms with Crippen LogP contribution in [0.15, 0.2) is 36.0 Å². The summed E-state index contributed by atoms with van der Waals surface area (Å²) in [5.74, 6) is -0.305. The first-order chi connectivity index (χ1) is 8.25. The van der Waals surface area contributed by atoms with Crippen molar-refractivity contribution in [1.29, 1.82) is 0 Å². The Morgan fingerprint density at radius 2 is 2.18 bits per heavy atom. The second-order valence-electron chi connectivity index (χ2n) is 3.41. The van der Waals surface area contributed by atoms with E-state index in [-0.39, 0.29) is 0 Å². The van der Waals surface area contributed by atoms with E-state index >= 15 is 0 Å². The molecule has 1 N–H and O–H groups in total. The standard InChI is InChI=1S/C12H11NO3S/c14-12(15)11-7-10(8-17-11)16-6-3-9-1-4-13-5-2-9/h1-2,4-5,7-8H,3,6H2,(H,14,15). The van der Waals surface area contributed by atoms with Gasteiger partial charge in [0.25, 0.3) is 0 Å². The highest BCUT2D eigenvalue weighted by atomic mass is 32.1. The number of ether oxygens (including phenoxy) is 1. The van der Waals surface area contributed by atoms with Crippen LogP contribution < -0.4 is 4.74 Å². The summed E-state index contributed by atoms with van der Waals surface area (Å²) in [7, 11) is 0. The Hall–Kier alpha value is -1.88. The predicted molar refractivity (Wildman–Crippen MR) is 64.7 cm³/mol. The second-order valence-corrected chi connectivity index (χ2v) is 4.32. The summed E-state index contributed by atoms with van der Waals surface area (Å²) >= 11 is 1.17. The molecule has 0 aromatic carbocycles. The lowest BCUT2D eigenvalue weighted by atomic mass is 10.2. The van der Waals surface area contributed by atoms with E-state index in [9.17, 15) is 4.79 Å². The van der Waals surface area contributed by atoms with Crippen molar-refractivity contribution in [1.82, 2.24) is 4.98 Å². The van der Waals surface area contributed by atoms with Gasteiger partial charge in [0.05, 0.1) is 6.61 Å². The van der Waals surface area contributed by atoms with Gasteiger partial charge in [-0.2, -0.15) is 0 Å². The summed E-state index contributed by atoms with van der Waals surface area (Å²) in [6.45, 7) is 0.528. The number of hydrogen-bond acceptors (Lipinski definition) is 4. The molecule has 0 atom stereocenters. The molecule has 17 heavy (non-hydrogen) atoms. The van der Waals surface area contributed by atoms with Crippen LogP contribution in [0.5, 0.6) is 5.75 Å². The van der Waals surface area contributed by atoms with E-state index in [1.165, 1.54) is 11.3 Å². The molecule has 4 nitrogen and oxygen atoms in total. The van der Waals surface area contributed by atoms with Gasteiger partial charge >= 0.3 is 5.97 Å². The minimum atomic E-state index is -0.918. The fraction of sp³-hybridized carbons (Fsp3) is 0.167. The van der Waals surface area contributed by atoms with Gasteiger partial charge in [-0.1, -0.05) is 0 Å². The molecule has 88 valence electrons. The Labute approximate surface area is 103 Å². The molecule has 0 unspecified atom stereocenters. The zero-order chi connectivity index (χ0) is 12.1. The molecule has 0 radical (unpaired) electrons. The Balaban J connectivity index is 1.84. The van der Waals surface area contributed by atoms with E-state index in [2.05, 4.69) is 4.98 Å². The third-order valence-corrected chi connectivity index (χ3v) is 3.09. The average Bonchev–Trinajstić information content (AvgIpc) is 2.79. The van der Waals surface area contributed by atoms with Crippen LogP contribution in [0.1, 0.15) is 15.2 Å². The molecule has 2 heterocycles. The molecular weight excluding hydrogens is 238 g/mol. The molecule has 0 aliphatic carbocycles. The first kappa shape index (κ1) is 11.6. The lowest BCUT2D eigenvalue weighted by Gasteiger charge is -2.03. The number of carbonyl (C=O) groups is 1. The monoisotopic (exact) mass is 249 g/mol. The van der Waals surface area contributed by atoms with Gasteiger partial charge in [-0.3, -0.25) is 4.98 Å². The number of aromatic nitrogens is 1. The number of thiophene rings is 1. The smallest absolute Gasteiger partial charge is 0.346 e.